The molecule has 1 fully saturated rings. The molecule has 186 valence electrons. The van der Waals surface area contributed by atoms with Gasteiger partial charge in [0.05, 0.1) is 0 Å². The highest BCUT2D eigenvalue weighted by molar-refractivity contribution is 5.97. The van der Waals surface area contributed by atoms with Crippen LogP contribution in [-0.4, -0.2) is 36.7 Å². The van der Waals surface area contributed by atoms with Crippen molar-refractivity contribution in [3.8, 4) is 0 Å². The molecule has 3 amide bonds. The van der Waals surface area contributed by atoms with Crippen molar-refractivity contribution in [2.24, 2.45) is 0 Å². The lowest BCUT2D eigenvalue weighted by atomic mass is 10.1. The molecule has 36 heavy (non-hydrogen) atoms. The Balaban J connectivity index is 1.36. The Morgan fingerprint density at radius 3 is 2.06 bits per heavy atom. The molecule has 1 heterocycles. The minimum atomic E-state index is -0.852. The fourth-order valence-corrected chi connectivity index (χ4v) is 3.84. The summed E-state index contributed by atoms with van der Waals surface area (Å²) in [5, 5.41) is 8.33. The lowest BCUT2D eigenvalue weighted by molar-refractivity contribution is -0.124. The number of hydrogen-bond acceptors (Lipinski definition) is 5. The van der Waals surface area contributed by atoms with E-state index in [2.05, 4.69) is 16.0 Å². The van der Waals surface area contributed by atoms with E-state index in [4.69, 9.17) is 9.47 Å². The third-order valence-electron chi connectivity index (χ3n) is 5.75. The lowest BCUT2D eigenvalue weighted by Gasteiger charge is -2.19. The monoisotopic (exact) mass is 487 g/mol. The molecular formula is C28H29N3O5. The summed E-state index contributed by atoms with van der Waals surface area (Å²) in [4.78, 5) is 37.8. The Kier molecular flexibility index (Phi) is 8.67. The summed E-state index contributed by atoms with van der Waals surface area (Å²) in [6, 6.07) is 24.7. The van der Waals surface area contributed by atoms with Crippen LogP contribution in [0.4, 0.5) is 16.2 Å². The number of carbonyl (C=O) groups excluding carboxylic acids is 3. The van der Waals surface area contributed by atoms with Gasteiger partial charge in [0.25, 0.3) is 5.91 Å². The van der Waals surface area contributed by atoms with Gasteiger partial charge in [-0.2, -0.15) is 0 Å². The number of benzene rings is 3. The van der Waals surface area contributed by atoms with Crippen LogP contribution in [0.2, 0.25) is 0 Å². The van der Waals surface area contributed by atoms with Gasteiger partial charge in [0.1, 0.15) is 18.8 Å². The van der Waals surface area contributed by atoms with Crippen LogP contribution in [0.3, 0.4) is 0 Å². The van der Waals surface area contributed by atoms with Gasteiger partial charge in [-0.1, -0.05) is 60.7 Å². The quantitative estimate of drug-likeness (QED) is 0.418. The van der Waals surface area contributed by atoms with Crippen molar-refractivity contribution in [2.45, 2.75) is 38.0 Å². The van der Waals surface area contributed by atoms with E-state index in [0.717, 1.165) is 17.5 Å². The van der Waals surface area contributed by atoms with Gasteiger partial charge in [-0.15, -0.1) is 0 Å². The van der Waals surface area contributed by atoms with Crippen LogP contribution in [0, 0.1) is 0 Å². The number of carbonyl (C=O) groups is 3. The van der Waals surface area contributed by atoms with Crippen molar-refractivity contribution >= 4 is 29.3 Å². The zero-order valence-electron chi connectivity index (χ0n) is 19.8. The van der Waals surface area contributed by atoms with E-state index >= 15 is 0 Å². The first kappa shape index (κ1) is 24.9. The zero-order chi connectivity index (χ0) is 25.2. The number of rotatable bonds is 9. The molecule has 8 heteroatoms. The Bertz CT molecular complexity index is 1150. The smallest absolute Gasteiger partial charge is 0.408 e. The first-order valence-corrected chi connectivity index (χ1v) is 11.9. The fourth-order valence-electron chi connectivity index (χ4n) is 3.84. The summed E-state index contributed by atoms with van der Waals surface area (Å²) in [6.45, 7) is 0.701. The molecule has 0 bridgehead atoms. The molecular weight excluding hydrogens is 458 g/mol. The highest BCUT2D eigenvalue weighted by atomic mass is 16.5. The molecule has 0 aliphatic carbocycles. The first-order valence-electron chi connectivity index (χ1n) is 11.9. The maximum absolute atomic E-state index is 13.1. The molecule has 1 aliphatic heterocycles. The Hall–Kier alpha value is -4.17. The molecule has 1 saturated heterocycles. The maximum Gasteiger partial charge on any atom is 0.408 e. The summed E-state index contributed by atoms with van der Waals surface area (Å²) in [7, 11) is 0. The van der Waals surface area contributed by atoms with Gasteiger partial charge in [0.15, 0.2) is 0 Å². The Morgan fingerprint density at radius 1 is 0.833 bits per heavy atom. The van der Waals surface area contributed by atoms with Crippen LogP contribution in [0.5, 0.6) is 0 Å². The second-order valence-corrected chi connectivity index (χ2v) is 8.51. The third kappa shape index (κ3) is 7.41. The zero-order valence-corrected chi connectivity index (χ0v) is 19.8. The van der Waals surface area contributed by atoms with E-state index in [0.29, 0.717) is 30.8 Å². The SMILES string of the molecule is O=C(N[C@@H](Cc1ccccc1)C(=O)Nc1ccc(NC(=O)[C@@H]2CCCO2)cc1)OCc1ccccc1. The minimum Gasteiger partial charge on any atom is -0.445 e. The number of hydrogen-bond donors (Lipinski definition) is 3. The number of anilines is 2. The summed E-state index contributed by atoms with van der Waals surface area (Å²) < 4.78 is 10.7. The van der Waals surface area contributed by atoms with E-state index in [1.807, 2.05) is 60.7 Å². The van der Waals surface area contributed by atoms with E-state index in [9.17, 15) is 14.4 Å². The van der Waals surface area contributed by atoms with Crippen LogP contribution in [0.15, 0.2) is 84.9 Å². The maximum atomic E-state index is 13.1. The predicted octanol–water partition coefficient (Wildman–Crippen LogP) is 4.28. The number of nitrogens with one attached hydrogen (secondary N) is 3. The van der Waals surface area contributed by atoms with Crippen molar-refractivity contribution < 1.29 is 23.9 Å². The number of amides is 3. The molecule has 1 aliphatic rings. The van der Waals surface area contributed by atoms with Gasteiger partial charge >= 0.3 is 6.09 Å². The van der Waals surface area contributed by atoms with Gasteiger partial charge in [-0.05, 0) is 48.2 Å². The standard InChI is InChI=1S/C28H29N3O5/c32-26(29-22-13-15-23(16-14-22)30-27(33)25-12-7-17-35-25)24(18-20-8-3-1-4-9-20)31-28(34)36-19-21-10-5-2-6-11-21/h1-6,8-11,13-16,24-25H,7,12,17-19H2,(H,29,32)(H,30,33)(H,31,34)/t24-,25-/m0/s1. The van der Waals surface area contributed by atoms with E-state index in [1.165, 1.54) is 0 Å². The van der Waals surface area contributed by atoms with Gasteiger partial charge in [0.2, 0.25) is 5.91 Å². The molecule has 3 aromatic rings. The van der Waals surface area contributed by atoms with Crippen LogP contribution < -0.4 is 16.0 Å². The predicted molar refractivity (Wildman–Crippen MR) is 136 cm³/mol. The first-order chi connectivity index (χ1) is 17.6. The molecule has 0 aromatic heterocycles. The van der Waals surface area contributed by atoms with Crippen LogP contribution >= 0.6 is 0 Å². The molecule has 0 saturated carbocycles. The third-order valence-corrected chi connectivity index (χ3v) is 5.75. The highest BCUT2D eigenvalue weighted by Crippen LogP contribution is 2.18. The van der Waals surface area contributed by atoms with E-state index in [1.54, 1.807) is 24.3 Å². The molecule has 8 nitrogen and oxygen atoms in total. The second-order valence-electron chi connectivity index (χ2n) is 8.51. The van der Waals surface area contributed by atoms with Crippen LogP contribution in [0.25, 0.3) is 0 Å². The normalized spacial score (nSPS) is 15.5. The average molecular weight is 488 g/mol. The molecule has 2 atom stereocenters. The molecule has 0 unspecified atom stereocenters. The molecule has 0 radical (unpaired) electrons. The van der Waals surface area contributed by atoms with Crippen LogP contribution in [0.1, 0.15) is 24.0 Å². The molecule has 3 aromatic carbocycles. The van der Waals surface area contributed by atoms with Gasteiger partial charge in [0, 0.05) is 24.4 Å². The Labute approximate surface area is 210 Å². The van der Waals surface area contributed by atoms with Gasteiger partial charge in [-0.25, -0.2) is 4.79 Å². The highest BCUT2D eigenvalue weighted by Gasteiger charge is 2.24. The topological polar surface area (TPSA) is 106 Å². The van der Waals surface area contributed by atoms with Crippen LogP contribution in [-0.2, 0) is 32.1 Å². The van der Waals surface area contributed by atoms with Gasteiger partial charge in [-0.3, -0.25) is 9.59 Å². The van der Waals surface area contributed by atoms with E-state index in [-0.39, 0.29) is 18.4 Å². The number of ether oxygens (including phenoxy) is 2. The van der Waals surface area contributed by atoms with E-state index < -0.39 is 18.2 Å². The molecule has 3 N–H and O–H groups in total. The van der Waals surface area contributed by atoms with Crippen molar-refractivity contribution in [2.75, 3.05) is 17.2 Å². The Morgan fingerprint density at radius 2 is 1.44 bits per heavy atom. The number of alkyl carbamates (subject to hydrolysis) is 1. The van der Waals surface area contributed by atoms with Crippen molar-refractivity contribution in [3.05, 3.63) is 96.1 Å². The summed E-state index contributed by atoms with van der Waals surface area (Å²) in [5.41, 5.74) is 2.89. The van der Waals surface area contributed by atoms with Gasteiger partial charge < -0.3 is 25.4 Å². The van der Waals surface area contributed by atoms with Crippen molar-refractivity contribution in [3.63, 3.8) is 0 Å². The van der Waals surface area contributed by atoms with Crippen molar-refractivity contribution in [1.29, 1.82) is 0 Å². The largest absolute Gasteiger partial charge is 0.445 e. The fraction of sp³-hybridized carbons (Fsp3) is 0.250. The second kappa shape index (κ2) is 12.5. The van der Waals surface area contributed by atoms with Crippen molar-refractivity contribution in [1.82, 2.24) is 5.32 Å². The molecule has 0 spiro atoms. The summed E-state index contributed by atoms with van der Waals surface area (Å²) >= 11 is 0. The molecule has 4 rings (SSSR count). The lowest BCUT2D eigenvalue weighted by Crippen LogP contribution is -2.45. The average Bonchev–Trinajstić information content (AvgIpc) is 3.45. The summed E-state index contributed by atoms with van der Waals surface area (Å²) in [6.07, 6.45) is 0.783. The minimum absolute atomic E-state index is 0.103. The summed E-state index contributed by atoms with van der Waals surface area (Å²) in [5.74, 6) is -0.558.